The summed E-state index contributed by atoms with van der Waals surface area (Å²) < 4.78 is 19.0. The van der Waals surface area contributed by atoms with Crippen LogP contribution in [-0.4, -0.2) is 18.8 Å². The van der Waals surface area contributed by atoms with Gasteiger partial charge in [-0.05, 0) is 43.9 Å². The smallest absolute Gasteiger partial charge is 0.129 e. The Morgan fingerprint density at radius 2 is 2.00 bits per heavy atom. The van der Waals surface area contributed by atoms with E-state index >= 15 is 0 Å². The van der Waals surface area contributed by atoms with E-state index in [1.54, 1.807) is 0 Å². The van der Waals surface area contributed by atoms with Crippen LogP contribution < -0.4 is 5.32 Å². The molecule has 2 nitrogen and oxygen atoms in total. The summed E-state index contributed by atoms with van der Waals surface area (Å²) >= 11 is 0. The van der Waals surface area contributed by atoms with Gasteiger partial charge in [-0.25, -0.2) is 4.39 Å². The minimum atomic E-state index is -0.0914. The Bertz CT molecular complexity index is 382. The monoisotopic (exact) mass is 237 g/mol. The van der Waals surface area contributed by atoms with Crippen LogP contribution in [0.4, 0.5) is 4.39 Å². The van der Waals surface area contributed by atoms with Gasteiger partial charge >= 0.3 is 0 Å². The lowest BCUT2D eigenvalue weighted by Crippen LogP contribution is -2.34. The van der Waals surface area contributed by atoms with Crippen molar-refractivity contribution in [1.29, 1.82) is 0 Å². The molecule has 1 aliphatic heterocycles. The van der Waals surface area contributed by atoms with Gasteiger partial charge in [0.25, 0.3) is 0 Å². The maximum absolute atomic E-state index is 13.5. The third-order valence-corrected chi connectivity index (χ3v) is 3.44. The quantitative estimate of drug-likeness (QED) is 0.872. The second-order valence-corrected chi connectivity index (χ2v) is 4.90. The van der Waals surface area contributed by atoms with Crippen molar-refractivity contribution in [2.75, 3.05) is 6.61 Å². The largest absolute Gasteiger partial charge is 0.377 e. The molecule has 1 N–H and O–H groups in total. The Morgan fingerprint density at radius 3 is 2.53 bits per heavy atom. The highest BCUT2D eigenvalue weighted by Crippen LogP contribution is 2.16. The van der Waals surface area contributed by atoms with Gasteiger partial charge in [-0.2, -0.15) is 0 Å². The van der Waals surface area contributed by atoms with E-state index in [-0.39, 0.29) is 11.9 Å². The van der Waals surface area contributed by atoms with Gasteiger partial charge in [0.15, 0.2) is 0 Å². The molecule has 1 fully saturated rings. The molecule has 94 valence electrons. The zero-order chi connectivity index (χ0) is 12.4. The van der Waals surface area contributed by atoms with Crippen molar-refractivity contribution in [2.45, 2.75) is 45.9 Å². The van der Waals surface area contributed by atoms with Crippen LogP contribution in [0.15, 0.2) is 12.1 Å². The van der Waals surface area contributed by atoms with E-state index in [1.807, 2.05) is 26.0 Å². The Balaban J connectivity index is 1.99. The molecular weight excluding hydrogens is 217 g/mol. The number of hydrogen-bond donors (Lipinski definition) is 1. The molecule has 3 heteroatoms. The molecule has 2 unspecified atom stereocenters. The Kier molecular flexibility index (Phi) is 3.79. The first-order valence-corrected chi connectivity index (χ1v) is 6.18. The minimum Gasteiger partial charge on any atom is -0.377 e. The molecule has 0 amide bonds. The third kappa shape index (κ3) is 2.85. The van der Waals surface area contributed by atoms with E-state index in [9.17, 15) is 4.39 Å². The summed E-state index contributed by atoms with van der Waals surface area (Å²) in [6.45, 7) is 7.33. The molecule has 0 saturated carbocycles. The highest BCUT2D eigenvalue weighted by molar-refractivity contribution is 5.30. The molecule has 1 saturated heterocycles. The fourth-order valence-electron chi connectivity index (χ4n) is 2.39. The molecule has 0 aromatic heterocycles. The van der Waals surface area contributed by atoms with Gasteiger partial charge in [-0.15, -0.1) is 0 Å². The summed E-state index contributed by atoms with van der Waals surface area (Å²) in [5.41, 5.74) is 2.58. The lowest BCUT2D eigenvalue weighted by atomic mass is 10.1. The fraction of sp³-hybridized carbons (Fsp3) is 0.571. The van der Waals surface area contributed by atoms with Crippen LogP contribution in [0.2, 0.25) is 0 Å². The first-order chi connectivity index (χ1) is 8.08. The zero-order valence-electron chi connectivity index (χ0n) is 10.7. The van der Waals surface area contributed by atoms with E-state index in [4.69, 9.17) is 4.74 Å². The zero-order valence-corrected chi connectivity index (χ0v) is 10.7. The number of benzene rings is 1. The van der Waals surface area contributed by atoms with E-state index < -0.39 is 0 Å². The van der Waals surface area contributed by atoms with Crippen molar-refractivity contribution in [3.63, 3.8) is 0 Å². The molecule has 1 aromatic rings. The van der Waals surface area contributed by atoms with Crippen LogP contribution in [0.25, 0.3) is 0 Å². The number of ether oxygens (including phenoxy) is 1. The Morgan fingerprint density at radius 1 is 1.35 bits per heavy atom. The lowest BCUT2D eigenvalue weighted by molar-refractivity contribution is 0.113. The van der Waals surface area contributed by atoms with Gasteiger partial charge in [0, 0.05) is 19.2 Å². The highest BCUT2D eigenvalue weighted by Gasteiger charge is 2.23. The van der Waals surface area contributed by atoms with Crippen LogP contribution in [0.5, 0.6) is 0 Å². The highest BCUT2D eigenvalue weighted by atomic mass is 19.1. The van der Waals surface area contributed by atoms with Crippen molar-refractivity contribution in [1.82, 2.24) is 5.32 Å². The van der Waals surface area contributed by atoms with Crippen LogP contribution in [-0.2, 0) is 11.3 Å². The van der Waals surface area contributed by atoms with E-state index in [0.717, 1.165) is 36.3 Å². The van der Waals surface area contributed by atoms with Gasteiger partial charge in [-0.3, -0.25) is 0 Å². The predicted octanol–water partition coefficient (Wildman–Crippen LogP) is 2.71. The molecular formula is C14H20FNO. The van der Waals surface area contributed by atoms with Crippen molar-refractivity contribution < 1.29 is 9.13 Å². The molecule has 0 spiro atoms. The van der Waals surface area contributed by atoms with Crippen molar-refractivity contribution in [2.24, 2.45) is 0 Å². The van der Waals surface area contributed by atoms with Gasteiger partial charge in [-0.1, -0.05) is 12.1 Å². The first kappa shape index (κ1) is 12.5. The molecule has 1 aromatic carbocycles. The standard InChI is InChI=1S/C14H20FNO/c1-9-6-12(7-10(2)14(9)15)8-16-13-4-5-17-11(13)3/h6-7,11,13,16H,4-5,8H2,1-3H3. The summed E-state index contributed by atoms with van der Waals surface area (Å²) in [6.07, 6.45) is 1.33. The number of rotatable bonds is 3. The summed E-state index contributed by atoms with van der Waals surface area (Å²) in [7, 11) is 0. The Hall–Kier alpha value is -0.930. The molecule has 0 bridgehead atoms. The van der Waals surface area contributed by atoms with Gasteiger partial charge in [0.2, 0.25) is 0 Å². The number of halogens is 1. The predicted molar refractivity (Wildman–Crippen MR) is 66.5 cm³/mol. The summed E-state index contributed by atoms with van der Waals surface area (Å²) in [5.74, 6) is -0.0914. The third-order valence-electron chi connectivity index (χ3n) is 3.44. The van der Waals surface area contributed by atoms with E-state index in [0.29, 0.717) is 6.04 Å². The molecule has 1 heterocycles. The number of aryl methyl sites for hydroxylation is 2. The van der Waals surface area contributed by atoms with Crippen LogP contribution in [0.3, 0.4) is 0 Å². The first-order valence-electron chi connectivity index (χ1n) is 6.18. The van der Waals surface area contributed by atoms with Crippen molar-refractivity contribution in [3.05, 3.63) is 34.6 Å². The summed E-state index contributed by atoms with van der Waals surface area (Å²) in [6, 6.07) is 4.24. The number of hydrogen-bond acceptors (Lipinski definition) is 2. The van der Waals surface area contributed by atoms with Gasteiger partial charge < -0.3 is 10.1 Å². The normalized spacial score (nSPS) is 24.2. The average Bonchev–Trinajstić information content (AvgIpc) is 2.69. The number of nitrogens with one attached hydrogen (secondary N) is 1. The summed E-state index contributed by atoms with van der Waals surface area (Å²) in [4.78, 5) is 0. The van der Waals surface area contributed by atoms with Crippen molar-refractivity contribution in [3.8, 4) is 0 Å². The summed E-state index contributed by atoms with van der Waals surface area (Å²) in [5, 5.41) is 3.47. The van der Waals surface area contributed by atoms with Gasteiger partial charge in [0.1, 0.15) is 5.82 Å². The SMILES string of the molecule is Cc1cc(CNC2CCOC2C)cc(C)c1F. The molecule has 0 aliphatic carbocycles. The van der Waals surface area contributed by atoms with Crippen LogP contribution in [0, 0.1) is 19.7 Å². The van der Waals surface area contributed by atoms with E-state index in [1.165, 1.54) is 0 Å². The van der Waals surface area contributed by atoms with Crippen LogP contribution in [0.1, 0.15) is 30.0 Å². The molecule has 0 radical (unpaired) electrons. The molecule has 1 aliphatic rings. The lowest BCUT2D eigenvalue weighted by Gasteiger charge is -2.16. The maximum atomic E-state index is 13.5. The molecule has 2 atom stereocenters. The van der Waals surface area contributed by atoms with Crippen LogP contribution >= 0.6 is 0 Å². The molecule has 2 rings (SSSR count). The minimum absolute atomic E-state index is 0.0914. The van der Waals surface area contributed by atoms with E-state index in [2.05, 4.69) is 12.2 Å². The maximum Gasteiger partial charge on any atom is 0.129 e. The second-order valence-electron chi connectivity index (χ2n) is 4.90. The van der Waals surface area contributed by atoms with Crippen molar-refractivity contribution >= 4 is 0 Å². The second kappa shape index (κ2) is 5.15. The topological polar surface area (TPSA) is 21.3 Å². The molecule has 17 heavy (non-hydrogen) atoms. The average molecular weight is 237 g/mol. The Labute approximate surface area is 102 Å². The van der Waals surface area contributed by atoms with Gasteiger partial charge in [0.05, 0.1) is 6.10 Å². The fourth-order valence-corrected chi connectivity index (χ4v) is 2.39.